The number of nitrogens with one attached hydrogen (secondary N) is 1. The van der Waals surface area contributed by atoms with Crippen LogP contribution in [-0.2, 0) is 51.2 Å². The lowest BCUT2D eigenvalue weighted by Gasteiger charge is -2.30. The van der Waals surface area contributed by atoms with Gasteiger partial charge in [-0.3, -0.25) is 5.32 Å². The number of esters is 1. The van der Waals surface area contributed by atoms with E-state index in [1.54, 1.807) is 13.8 Å². The van der Waals surface area contributed by atoms with Gasteiger partial charge in [0.05, 0.1) is 20.3 Å². The highest BCUT2D eigenvalue weighted by Gasteiger charge is 2.50. The van der Waals surface area contributed by atoms with Crippen molar-refractivity contribution in [2.75, 3.05) is 13.7 Å². The zero-order valence-corrected chi connectivity index (χ0v) is 23.5. The largest absolute Gasteiger partial charge is 0.464 e. The van der Waals surface area contributed by atoms with E-state index in [9.17, 15) is 9.59 Å². The summed E-state index contributed by atoms with van der Waals surface area (Å²) in [4.78, 5) is 25.3. The highest BCUT2D eigenvalue weighted by Crippen LogP contribution is 2.36. The van der Waals surface area contributed by atoms with E-state index < -0.39 is 48.1 Å². The molecule has 10 heteroatoms. The summed E-state index contributed by atoms with van der Waals surface area (Å²) in [7, 11) is 1.22. The predicted molar refractivity (Wildman–Crippen MR) is 144 cm³/mol. The van der Waals surface area contributed by atoms with Crippen LogP contribution in [0, 0.1) is 0 Å². The molecule has 2 aromatic rings. The minimum absolute atomic E-state index is 0.0318. The summed E-state index contributed by atoms with van der Waals surface area (Å²) < 4.78 is 41.0. The van der Waals surface area contributed by atoms with Crippen LogP contribution in [0.4, 0.5) is 4.79 Å². The van der Waals surface area contributed by atoms with Crippen molar-refractivity contribution in [3.63, 3.8) is 0 Å². The van der Waals surface area contributed by atoms with Crippen molar-refractivity contribution in [2.24, 2.45) is 0 Å². The Bertz CT molecular complexity index is 1170. The van der Waals surface area contributed by atoms with Crippen LogP contribution in [0.15, 0.2) is 72.4 Å². The number of hydrogen-bond donors (Lipinski definition) is 1. The standard InChI is InChI=1S/C30H37NO9/c1-29(2)37-19-24(39-29)25(35-17-20-12-8-6-9-13-20)26-23(38-30(3,4)40-26)16-22(27(32)34-5)31-28(33)36-18-21-14-10-7-11-15-21/h6-16,23-26H,17-19H2,1-5H3,(H,31,33)/b22-16-/t23-,24-,25-,26-/m1/s1. The smallest absolute Gasteiger partial charge is 0.412 e. The fraction of sp³-hybridized carbons (Fsp3) is 0.467. The molecule has 0 radical (unpaired) electrons. The number of carbonyl (C=O) groups is 2. The lowest BCUT2D eigenvalue weighted by Crippen LogP contribution is -2.46. The number of methoxy groups -OCH3 is 1. The van der Waals surface area contributed by atoms with Crippen LogP contribution in [0.25, 0.3) is 0 Å². The lowest BCUT2D eigenvalue weighted by molar-refractivity contribution is -0.190. The van der Waals surface area contributed by atoms with Crippen LogP contribution in [0.5, 0.6) is 0 Å². The zero-order valence-electron chi connectivity index (χ0n) is 23.5. The van der Waals surface area contributed by atoms with Gasteiger partial charge in [-0.05, 0) is 44.9 Å². The number of alkyl carbamates (subject to hydrolysis) is 1. The van der Waals surface area contributed by atoms with Gasteiger partial charge in [0.15, 0.2) is 11.6 Å². The zero-order chi connectivity index (χ0) is 28.8. The number of hydrogen-bond acceptors (Lipinski definition) is 9. The molecule has 0 spiro atoms. The summed E-state index contributed by atoms with van der Waals surface area (Å²) in [6.45, 7) is 7.77. The first-order chi connectivity index (χ1) is 19.0. The van der Waals surface area contributed by atoms with Gasteiger partial charge in [0, 0.05) is 0 Å². The number of carbonyl (C=O) groups excluding carboxylic acids is 2. The molecule has 2 fully saturated rings. The van der Waals surface area contributed by atoms with Gasteiger partial charge in [-0.2, -0.15) is 0 Å². The summed E-state index contributed by atoms with van der Waals surface area (Å²) in [6, 6.07) is 18.9. The number of ether oxygens (including phenoxy) is 7. The minimum atomic E-state index is -1.02. The Labute approximate surface area is 234 Å². The molecule has 0 aliphatic carbocycles. The molecule has 4 rings (SSSR count). The Morgan fingerprint density at radius 3 is 2.12 bits per heavy atom. The second-order valence-corrected chi connectivity index (χ2v) is 10.5. The average molecular weight is 556 g/mol. The van der Waals surface area contributed by atoms with Crippen LogP contribution in [0.1, 0.15) is 38.8 Å². The highest BCUT2D eigenvalue weighted by molar-refractivity contribution is 5.92. The molecule has 0 aromatic heterocycles. The van der Waals surface area contributed by atoms with Crippen molar-refractivity contribution in [1.29, 1.82) is 0 Å². The Morgan fingerprint density at radius 2 is 1.55 bits per heavy atom. The Kier molecular flexibility index (Phi) is 9.60. The van der Waals surface area contributed by atoms with Crippen molar-refractivity contribution in [2.45, 2.75) is 76.9 Å². The van der Waals surface area contributed by atoms with Crippen LogP contribution >= 0.6 is 0 Å². The van der Waals surface area contributed by atoms with Gasteiger partial charge >= 0.3 is 12.1 Å². The summed E-state index contributed by atoms with van der Waals surface area (Å²) >= 11 is 0. The second-order valence-electron chi connectivity index (χ2n) is 10.5. The van der Waals surface area contributed by atoms with Crippen molar-refractivity contribution in [3.8, 4) is 0 Å². The monoisotopic (exact) mass is 555 g/mol. The van der Waals surface area contributed by atoms with E-state index in [1.807, 2.05) is 74.5 Å². The molecular formula is C30H37NO9. The molecule has 1 amide bonds. The molecule has 0 unspecified atom stereocenters. The Hall–Kier alpha value is -3.28. The summed E-state index contributed by atoms with van der Waals surface area (Å²) in [5.74, 6) is -2.60. The maximum absolute atomic E-state index is 12.7. The molecule has 40 heavy (non-hydrogen) atoms. The summed E-state index contributed by atoms with van der Waals surface area (Å²) in [5.41, 5.74) is 1.62. The van der Waals surface area contributed by atoms with Crippen LogP contribution in [-0.4, -0.2) is 61.8 Å². The van der Waals surface area contributed by atoms with Crippen molar-refractivity contribution in [1.82, 2.24) is 5.32 Å². The molecule has 0 bridgehead atoms. The fourth-order valence-corrected chi connectivity index (χ4v) is 4.56. The maximum atomic E-state index is 12.7. The van der Waals surface area contributed by atoms with Gasteiger partial charge in [-0.15, -0.1) is 0 Å². The number of benzene rings is 2. The molecule has 2 aliphatic heterocycles. The molecule has 10 nitrogen and oxygen atoms in total. The third-order valence-electron chi connectivity index (χ3n) is 6.36. The van der Waals surface area contributed by atoms with Crippen molar-refractivity contribution in [3.05, 3.63) is 83.6 Å². The minimum Gasteiger partial charge on any atom is -0.464 e. The van der Waals surface area contributed by atoms with E-state index in [4.69, 9.17) is 33.2 Å². The van der Waals surface area contributed by atoms with E-state index in [2.05, 4.69) is 5.32 Å². The molecule has 216 valence electrons. The van der Waals surface area contributed by atoms with E-state index in [-0.39, 0.29) is 25.5 Å². The van der Waals surface area contributed by atoms with Gasteiger partial charge in [-0.1, -0.05) is 60.7 Å². The molecule has 2 saturated heterocycles. The van der Waals surface area contributed by atoms with E-state index >= 15 is 0 Å². The molecule has 0 saturated carbocycles. The van der Waals surface area contributed by atoms with Gasteiger partial charge in [0.25, 0.3) is 0 Å². The summed E-state index contributed by atoms with van der Waals surface area (Å²) in [6.07, 6.45) is -2.03. The molecule has 2 aliphatic rings. The topological polar surface area (TPSA) is 111 Å². The van der Waals surface area contributed by atoms with Gasteiger partial charge in [0.2, 0.25) is 0 Å². The second kappa shape index (κ2) is 12.9. The lowest BCUT2D eigenvalue weighted by atomic mass is 10.0. The highest BCUT2D eigenvalue weighted by atomic mass is 16.8. The molecular weight excluding hydrogens is 518 g/mol. The molecule has 2 heterocycles. The van der Waals surface area contributed by atoms with Crippen LogP contribution < -0.4 is 5.32 Å². The molecule has 4 atom stereocenters. The number of rotatable bonds is 10. The van der Waals surface area contributed by atoms with Gasteiger partial charge < -0.3 is 33.2 Å². The van der Waals surface area contributed by atoms with Crippen LogP contribution in [0.3, 0.4) is 0 Å². The summed E-state index contributed by atoms with van der Waals surface area (Å²) in [5, 5.41) is 2.49. The predicted octanol–water partition coefficient (Wildman–Crippen LogP) is 4.23. The average Bonchev–Trinajstić information content (AvgIpc) is 3.45. The van der Waals surface area contributed by atoms with Crippen molar-refractivity contribution >= 4 is 12.1 Å². The van der Waals surface area contributed by atoms with Gasteiger partial charge in [0.1, 0.15) is 36.7 Å². The Morgan fingerprint density at radius 1 is 0.925 bits per heavy atom. The first-order valence-corrected chi connectivity index (χ1v) is 13.2. The third-order valence-corrected chi connectivity index (χ3v) is 6.36. The first kappa shape index (κ1) is 29.7. The quantitative estimate of drug-likeness (QED) is 0.340. The van der Waals surface area contributed by atoms with E-state index in [1.165, 1.54) is 13.2 Å². The molecule has 1 N–H and O–H groups in total. The maximum Gasteiger partial charge on any atom is 0.412 e. The van der Waals surface area contributed by atoms with E-state index in [0.29, 0.717) is 0 Å². The van der Waals surface area contributed by atoms with Crippen LogP contribution in [0.2, 0.25) is 0 Å². The number of amides is 1. The van der Waals surface area contributed by atoms with E-state index in [0.717, 1.165) is 11.1 Å². The first-order valence-electron chi connectivity index (χ1n) is 13.2. The fourth-order valence-electron chi connectivity index (χ4n) is 4.56. The van der Waals surface area contributed by atoms with Crippen molar-refractivity contribution < 1.29 is 42.7 Å². The Balaban J connectivity index is 1.56. The third kappa shape index (κ3) is 8.12. The molecule has 2 aromatic carbocycles. The van der Waals surface area contributed by atoms with Gasteiger partial charge in [-0.25, -0.2) is 9.59 Å². The normalized spacial score (nSPS) is 24.3. The SMILES string of the molecule is COC(=O)/C(=C/[C@H]1OC(C)(C)O[C@H]1[C@H](OCc1ccccc1)[C@H]1COC(C)(C)O1)NC(=O)OCc1ccccc1.